The van der Waals surface area contributed by atoms with Crippen molar-refractivity contribution < 1.29 is 8.42 Å². The summed E-state index contributed by atoms with van der Waals surface area (Å²) >= 11 is 0. The minimum Gasteiger partial charge on any atom is -0.396 e. The molecule has 20 heavy (non-hydrogen) atoms. The highest BCUT2D eigenvalue weighted by molar-refractivity contribution is 7.92. The maximum atomic E-state index is 12.6. The standard InChI is InChI=1S/C14H17N3O2S/c1-10-6-7-13(11(2)9-10)17(3)20(18,19)14-12(15)5-4-8-16-14/h4-9H,15H2,1-3H3. The van der Waals surface area contributed by atoms with Crippen LogP contribution in [0.3, 0.4) is 0 Å². The number of nitrogen functional groups attached to an aromatic ring is 1. The number of aromatic nitrogens is 1. The Balaban J connectivity index is 2.52. The van der Waals surface area contributed by atoms with Crippen LogP contribution in [0.2, 0.25) is 0 Å². The van der Waals surface area contributed by atoms with Crippen molar-refractivity contribution in [3.05, 3.63) is 47.7 Å². The third kappa shape index (κ3) is 2.46. The molecule has 1 heterocycles. The minimum absolute atomic E-state index is 0.123. The molecule has 0 amide bonds. The summed E-state index contributed by atoms with van der Waals surface area (Å²) in [7, 11) is -2.26. The molecule has 0 aliphatic rings. The Morgan fingerprint density at radius 3 is 2.50 bits per heavy atom. The molecule has 0 unspecified atom stereocenters. The number of nitrogens with zero attached hydrogens (tertiary/aromatic N) is 2. The molecule has 0 spiro atoms. The average Bonchev–Trinajstić information content (AvgIpc) is 2.38. The molecule has 0 saturated heterocycles. The van der Waals surface area contributed by atoms with Gasteiger partial charge in [-0.2, -0.15) is 8.42 Å². The van der Waals surface area contributed by atoms with Crippen LogP contribution in [0.25, 0.3) is 0 Å². The zero-order valence-corrected chi connectivity index (χ0v) is 12.5. The SMILES string of the molecule is Cc1ccc(N(C)S(=O)(=O)c2ncccc2N)c(C)c1. The molecule has 0 aliphatic heterocycles. The Morgan fingerprint density at radius 1 is 1.20 bits per heavy atom. The van der Waals surface area contributed by atoms with E-state index in [1.54, 1.807) is 12.1 Å². The van der Waals surface area contributed by atoms with E-state index in [0.29, 0.717) is 5.69 Å². The van der Waals surface area contributed by atoms with Crippen LogP contribution in [0.4, 0.5) is 11.4 Å². The van der Waals surface area contributed by atoms with E-state index < -0.39 is 10.0 Å². The highest BCUT2D eigenvalue weighted by atomic mass is 32.2. The molecule has 0 radical (unpaired) electrons. The minimum atomic E-state index is -3.76. The molecule has 106 valence electrons. The molecule has 1 aromatic heterocycles. The van der Waals surface area contributed by atoms with E-state index in [1.807, 2.05) is 26.0 Å². The molecule has 0 saturated carbocycles. The number of hydrogen-bond acceptors (Lipinski definition) is 4. The van der Waals surface area contributed by atoms with Crippen molar-refractivity contribution in [3.8, 4) is 0 Å². The Bertz CT molecular complexity index is 742. The van der Waals surface area contributed by atoms with E-state index in [-0.39, 0.29) is 10.7 Å². The number of sulfonamides is 1. The summed E-state index contributed by atoms with van der Waals surface area (Å²) < 4.78 is 26.4. The van der Waals surface area contributed by atoms with Gasteiger partial charge in [-0.25, -0.2) is 4.98 Å². The molecule has 5 nitrogen and oxygen atoms in total. The number of hydrogen-bond donors (Lipinski definition) is 1. The van der Waals surface area contributed by atoms with Crippen LogP contribution in [0.15, 0.2) is 41.6 Å². The van der Waals surface area contributed by atoms with Gasteiger partial charge in [0.05, 0.1) is 11.4 Å². The van der Waals surface area contributed by atoms with E-state index in [9.17, 15) is 8.42 Å². The number of anilines is 2. The smallest absolute Gasteiger partial charge is 0.283 e. The van der Waals surface area contributed by atoms with Crippen molar-refractivity contribution in [1.82, 2.24) is 4.98 Å². The van der Waals surface area contributed by atoms with Gasteiger partial charge in [0.15, 0.2) is 5.03 Å². The average molecular weight is 291 g/mol. The molecule has 1 aromatic carbocycles. The van der Waals surface area contributed by atoms with Crippen LogP contribution in [-0.4, -0.2) is 20.4 Å². The normalized spacial score (nSPS) is 11.3. The first-order valence-electron chi connectivity index (χ1n) is 6.10. The summed E-state index contributed by atoms with van der Waals surface area (Å²) in [6.07, 6.45) is 1.42. The molecule has 2 rings (SSSR count). The first-order valence-corrected chi connectivity index (χ1v) is 7.54. The lowest BCUT2D eigenvalue weighted by atomic mass is 10.1. The van der Waals surface area contributed by atoms with Crippen molar-refractivity contribution in [3.63, 3.8) is 0 Å². The number of benzene rings is 1. The number of rotatable bonds is 3. The van der Waals surface area contributed by atoms with Crippen molar-refractivity contribution in [1.29, 1.82) is 0 Å². The molecular formula is C14H17N3O2S. The summed E-state index contributed by atoms with van der Waals surface area (Å²) in [5.74, 6) is 0. The molecule has 0 fully saturated rings. The van der Waals surface area contributed by atoms with Crippen LogP contribution in [0.5, 0.6) is 0 Å². The van der Waals surface area contributed by atoms with Gasteiger partial charge >= 0.3 is 0 Å². The second kappa shape index (κ2) is 5.13. The van der Waals surface area contributed by atoms with Gasteiger partial charge < -0.3 is 5.73 Å². The zero-order chi connectivity index (χ0) is 14.9. The topological polar surface area (TPSA) is 76.3 Å². The third-order valence-electron chi connectivity index (χ3n) is 3.10. The summed E-state index contributed by atoms with van der Waals surface area (Å²) in [4.78, 5) is 3.89. The van der Waals surface area contributed by atoms with Crippen molar-refractivity contribution in [2.45, 2.75) is 18.9 Å². The van der Waals surface area contributed by atoms with Gasteiger partial charge in [-0.1, -0.05) is 17.7 Å². The molecule has 2 aromatic rings. The molecule has 0 aliphatic carbocycles. The Kier molecular flexibility index (Phi) is 3.67. The van der Waals surface area contributed by atoms with Crippen molar-refractivity contribution >= 4 is 21.4 Å². The summed E-state index contributed by atoms with van der Waals surface area (Å²) in [6.45, 7) is 3.83. The fourth-order valence-electron chi connectivity index (χ4n) is 2.04. The van der Waals surface area contributed by atoms with Gasteiger partial charge in [-0.05, 0) is 37.6 Å². The lowest BCUT2D eigenvalue weighted by Crippen LogP contribution is -2.28. The molecule has 0 atom stereocenters. The first kappa shape index (κ1) is 14.3. The van der Waals surface area contributed by atoms with E-state index in [4.69, 9.17) is 5.73 Å². The van der Waals surface area contributed by atoms with Gasteiger partial charge in [0, 0.05) is 13.2 Å². The largest absolute Gasteiger partial charge is 0.396 e. The fraction of sp³-hybridized carbons (Fsp3) is 0.214. The lowest BCUT2D eigenvalue weighted by Gasteiger charge is -2.21. The Hall–Kier alpha value is -2.08. The van der Waals surface area contributed by atoms with E-state index in [1.165, 1.54) is 23.6 Å². The maximum Gasteiger partial charge on any atom is 0.283 e. The van der Waals surface area contributed by atoms with E-state index in [2.05, 4.69) is 4.98 Å². The van der Waals surface area contributed by atoms with Gasteiger partial charge in [0.1, 0.15) is 0 Å². The number of nitrogens with two attached hydrogens (primary N) is 1. The first-order chi connectivity index (χ1) is 9.34. The maximum absolute atomic E-state index is 12.6. The lowest BCUT2D eigenvalue weighted by molar-refractivity contribution is 0.591. The molecular weight excluding hydrogens is 274 g/mol. The van der Waals surface area contributed by atoms with Gasteiger partial charge in [0.2, 0.25) is 0 Å². The second-order valence-corrected chi connectivity index (χ2v) is 6.54. The fourth-order valence-corrected chi connectivity index (χ4v) is 3.32. The van der Waals surface area contributed by atoms with Gasteiger partial charge in [-0.3, -0.25) is 4.31 Å². The summed E-state index contributed by atoms with van der Waals surface area (Å²) in [6, 6.07) is 8.71. The predicted molar refractivity (Wildman–Crippen MR) is 80.2 cm³/mol. The summed E-state index contributed by atoms with van der Waals surface area (Å²) in [5, 5.41) is -0.123. The molecule has 0 bridgehead atoms. The second-order valence-electron chi connectivity index (χ2n) is 4.66. The zero-order valence-electron chi connectivity index (χ0n) is 11.7. The monoisotopic (exact) mass is 291 g/mol. The number of aryl methyl sites for hydroxylation is 2. The van der Waals surface area contributed by atoms with Crippen LogP contribution < -0.4 is 10.0 Å². The highest BCUT2D eigenvalue weighted by Crippen LogP contribution is 2.27. The van der Waals surface area contributed by atoms with Crippen molar-refractivity contribution in [2.24, 2.45) is 0 Å². The Labute approximate surface area is 119 Å². The highest BCUT2D eigenvalue weighted by Gasteiger charge is 2.25. The van der Waals surface area contributed by atoms with Crippen LogP contribution in [0, 0.1) is 13.8 Å². The van der Waals surface area contributed by atoms with Crippen LogP contribution in [0.1, 0.15) is 11.1 Å². The Morgan fingerprint density at radius 2 is 1.90 bits per heavy atom. The molecule has 2 N–H and O–H groups in total. The van der Waals surface area contributed by atoms with Gasteiger partial charge in [-0.15, -0.1) is 0 Å². The van der Waals surface area contributed by atoms with Crippen LogP contribution in [-0.2, 0) is 10.0 Å². The summed E-state index contributed by atoms with van der Waals surface area (Å²) in [5.41, 5.74) is 8.43. The van der Waals surface area contributed by atoms with Crippen molar-refractivity contribution in [2.75, 3.05) is 17.1 Å². The van der Waals surface area contributed by atoms with E-state index >= 15 is 0 Å². The predicted octanol–water partition coefficient (Wildman–Crippen LogP) is 2.11. The number of pyridine rings is 1. The van der Waals surface area contributed by atoms with Gasteiger partial charge in [0.25, 0.3) is 10.0 Å². The molecule has 6 heteroatoms. The third-order valence-corrected chi connectivity index (χ3v) is 4.84. The quantitative estimate of drug-likeness (QED) is 0.939. The van der Waals surface area contributed by atoms with E-state index in [0.717, 1.165) is 11.1 Å². The van der Waals surface area contributed by atoms with Crippen LogP contribution >= 0.6 is 0 Å².